The van der Waals surface area contributed by atoms with Crippen LogP contribution in [0.2, 0.25) is 5.02 Å². The van der Waals surface area contributed by atoms with Crippen LogP contribution in [0.25, 0.3) is 0 Å². The number of carbonyl (C=O) groups excluding carboxylic acids is 1. The summed E-state index contributed by atoms with van der Waals surface area (Å²) in [4.78, 5) is 12.1. The van der Waals surface area contributed by atoms with Crippen molar-refractivity contribution in [3.05, 3.63) is 57.3 Å². The number of nitrogens with one attached hydrogen (secondary N) is 1. The van der Waals surface area contributed by atoms with Crippen molar-refractivity contribution < 1.29 is 9.18 Å². The third-order valence-corrected chi connectivity index (χ3v) is 3.44. The van der Waals surface area contributed by atoms with Crippen molar-refractivity contribution in [2.24, 2.45) is 0 Å². The molecule has 0 atom stereocenters. The largest absolute Gasteiger partial charge is 0.396 e. The standard InChI is InChI=1S/C13H9BrClFN2O/c14-8-6-10(16)11(17)5-7(8)13(19)18-12-4-2-1-3-9(12)15/h1-6H,17H2,(H,18,19). The van der Waals surface area contributed by atoms with Crippen LogP contribution in [0.15, 0.2) is 40.9 Å². The molecule has 0 unspecified atom stereocenters. The minimum Gasteiger partial charge on any atom is -0.396 e. The molecule has 0 spiro atoms. The molecule has 0 radical (unpaired) electrons. The fourth-order valence-electron chi connectivity index (χ4n) is 1.49. The summed E-state index contributed by atoms with van der Waals surface area (Å²) in [5.41, 5.74) is 6.07. The zero-order valence-electron chi connectivity index (χ0n) is 9.58. The van der Waals surface area contributed by atoms with Gasteiger partial charge in [-0.2, -0.15) is 0 Å². The number of nitrogens with two attached hydrogens (primary N) is 1. The number of carbonyl (C=O) groups is 1. The molecule has 0 aromatic heterocycles. The van der Waals surface area contributed by atoms with Crippen LogP contribution in [-0.2, 0) is 0 Å². The molecule has 0 aliphatic heterocycles. The Balaban J connectivity index is 2.31. The highest BCUT2D eigenvalue weighted by molar-refractivity contribution is 9.10. The number of amides is 1. The lowest BCUT2D eigenvalue weighted by molar-refractivity contribution is 0.102. The van der Waals surface area contributed by atoms with Gasteiger partial charge in [-0.25, -0.2) is 4.39 Å². The minimum absolute atomic E-state index is 0.0903. The zero-order valence-corrected chi connectivity index (χ0v) is 11.9. The Kier molecular flexibility index (Phi) is 4.07. The average Bonchev–Trinajstić information content (AvgIpc) is 2.36. The average molecular weight is 344 g/mol. The predicted molar refractivity (Wildman–Crippen MR) is 77.9 cm³/mol. The molecule has 2 aromatic carbocycles. The minimum atomic E-state index is -0.582. The molecule has 0 aliphatic rings. The van der Waals surface area contributed by atoms with E-state index in [1.807, 2.05) is 0 Å². The van der Waals surface area contributed by atoms with Gasteiger partial charge in [0.1, 0.15) is 5.82 Å². The third-order valence-electron chi connectivity index (χ3n) is 2.45. The lowest BCUT2D eigenvalue weighted by Gasteiger charge is -2.09. The molecular weight excluding hydrogens is 335 g/mol. The monoisotopic (exact) mass is 342 g/mol. The topological polar surface area (TPSA) is 55.1 Å². The van der Waals surface area contributed by atoms with E-state index in [1.165, 1.54) is 6.07 Å². The van der Waals surface area contributed by atoms with Gasteiger partial charge in [-0.1, -0.05) is 23.7 Å². The SMILES string of the molecule is Nc1cc(C(=O)Nc2ccccc2Cl)c(Br)cc1F. The summed E-state index contributed by atoms with van der Waals surface area (Å²) in [6.45, 7) is 0. The number of benzene rings is 2. The summed E-state index contributed by atoms with van der Waals surface area (Å²) in [6, 6.07) is 9.24. The molecular formula is C13H9BrClFN2O. The quantitative estimate of drug-likeness (QED) is 0.807. The Bertz CT molecular complexity index is 649. The van der Waals surface area contributed by atoms with E-state index in [4.69, 9.17) is 17.3 Å². The van der Waals surface area contributed by atoms with Gasteiger partial charge in [-0.15, -0.1) is 0 Å². The van der Waals surface area contributed by atoms with Gasteiger partial charge < -0.3 is 11.1 Å². The van der Waals surface area contributed by atoms with Crippen molar-refractivity contribution in [3.63, 3.8) is 0 Å². The Morgan fingerprint density at radius 3 is 2.68 bits per heavy atom. The third kappa shape index (κ3) is 3.05. The van der Waals surface area contributed by atoms with Gasteiger partial charge in [0, 0.05) is 4.47 Å². The van der Waals surface area contributed by atoms with Crippen molar-refractivity contribution >= 4 is 44.8 Å². The van der Waals surface area contributed by atoms with Gasteiger partial charge >= 0.3 is 0 Å². The molecule has 6 heteroatoms. The maximum Gasteiger partial charge on any atom is 0.256 e. The lowest BCUT2D eigenvalue weighted by Crippen LogP contribution is -2.13. The molecule has 2 aromatic rings. The molecule has 0 bridgehead atoms. The molecule has 0 heterocycles. The van der Waals surface area contributed by atoms with Crippen LogP contribution in [0.3, 0.4) is 0 Å². The first-order valence-corrected chi connectivity index (χ1v) is 6.46. The van der Waals surface area contributed by atoms with E-state index in [1.54, 1.807) is 24.3 Å². The highest BCUT2D eigenvalue weighted by atomic mass is 79.9. The molecule has 3 nitrogen and oxygen atoms in total. The number of halogens is 3. The van der Waals surface area contributed by atoms with Crippen molar-refractivity contribution in [1.29, 1.82) is 0 Å². The molecule has 0 aliphatic carbocycles. The molecule has 98 valence electrons. The van der Waals surface area contributed by atoms with E-state index in [0.717, 1.165) is 6.07 Å². The number of hydrogen-bond acceptors (Lipinski definition) is 2. The van der Waals surface area contributed by atoms with Gasteiger partial charge in [0.2, 0.25) is 0 Å². The zero-order chi connectivity index (χ0) is 14.0. The normalized spacial score (nSPS) is 10.3. The molecule has 0 saturated carbocycles. The molecule has 0 saturated heterocycles. The van der Waals surface area contributed by atoms with Gasteiger partial charge in [-0.3, -0.25) is 4.79 Å². The van der Waals surface area contributed by atoms with E-state index in [9.17, 15) is 9.18 Å². The Labute approximate surface area is 122 Å². The maximum atomic E-state index is 13.2. The summed E-state index contributed by atoms with van der Waals surface area (Å²) < 4.78 is 13.5. The summed E-state index contributed by atoms with van der Waals surface area (Å²) in [5.74, 6) is -1.01. The van der Waals surface area contributed by atoms with E-state index in [2.05, 4.69) is 21.2 Å². The predicted octanol–water partition coefficient (Wildman–Crippen LogP) is 4.08. The van der Waals surface area contributed by atoms with E-state index < -0.39 is 11.7 Å². The first kappa shape index (κ1) is 13.8. The van der Waals surface area contributed by atoms with Crippen molar-refractivity contribution in [2.45, 2.75) is 0 Å². The van der Waals surface area contributed by atoms with Crippen LogP contribution in [0.5, 0.6) is 0 Å². The summed E-state index contributed by atoms with van der Waals surface area (Å²) >= 11 is 9.07. The van der Waals surface area contributed by atoms with Crippen molar-refractivity contribution in [3.8, 4) is 0 Å². The van der Waals surface area contributed by atoms with Crippen LogP contribution in [0.4, 0.5) is 15.8 Å². The van der Waals surface area contributed by atoms with Gasteiger partial charge in [0.15, 0.2) is 0 Å². The Morgan fingerprint density at radius 1 is 1.32 bits per heavy atom. The number of nitrogen functional groups attached to an aromatic ring is 1. The number of anilines is 2. The van der Waals surface area contributed by atoms with Crippen LogP contribution in [0, 0.1) is 5.82 Å². The van der Waals surface area contributed by atoms with Gasteiger partial charge in [0.25, 0.3) is 5.91 Å². The fourth-order valence-corrected chi connectivity index (χ4v) is 2.17. The Hall–Kier alpha value is -1.59. The fraction of sp³-hybridized carbons (Fsp3) is 0. The van der Waals surface area contributed by atoms with Crippen molar-refractivity contribution in [2.75, 3.05) is 11.1 Å². The maximum absolute atomic E-state index is 13.2. The first-order valence-electron chi connectivity index (χ1n) is 5.29. The second-order valence-corrected chi connectivity index (χ2v) is 5.05. The van der Waals surface area contributed by atoms with Gasteiger partial charge in [0.05, 0.1) is 22.0 Å². The summed E-state index contributed by atoms with van der Waals surface area (Å²) in [5, 5.41) is 3.05. The van der Waals surface area contributed by atoms with E-state index in [-0.39, 0.29) is 11.3 Å². The van der Waals surface area contributed by atoms with Crippen molar-refractivity contribution in [1.82, 2.24) is 0 Å². The molecule has 2 rings (SSSR count). The molecule has 19 heavy (non-hydrogen) atoms. The molecule has 0 fully saturated rings. The summed E-state index contributed by atoms with van der Waals surface area (Å²) in [7, 11) is 0. The van der Waals surface area contributed by atoms with Crippen LogP contribution in [-0.4, -0.2) is 5.91 Å². The smallest absolute Gasteiger partial charge is 0.256 e. The Morgan fingerprint density at radius 2 is 2.00 bits per heavy atom. The van der Waals surface area contributed by atoms with Gasteiger partial charge in [-0.05, 0) is 40.2 Å². The summed E-state index contributed by atoms with van der Waals surface area (Å²) in [6.07, 6.45) is 0. The van der Waals surface area contributed by atoms with Crippen LogP contribution in [0.1, 0.15) is 10.4 Å². The van der Waals surface area contributed by atoms with Crippen LogP contribution >= 0.6 is 27.5 Å². The second-order valence-electron chi connectivity index (χ2n) is 3.79. The number of rotatable bonds is 2. The number of para-hydroxylation sites is 1. The highest BCUT2D eigenvalue weighted by Gasteiger charge is 2.14. The van der Waals surface area contributed by atoms with Crippen LogP contribution < -0.4 is 11.1 Å². The molecule has 1 amide bonds. The molecule has 3 N–H and O–H groups in total. The number of hydrogen-bond donors (Lipinski definition) is 2. The highest BCUT2D eigenvalue weighted by Crippen LogP contribution is 2.26. The second kappa shape index (κ2) is 5.59. The van der Waals surface area contributed by atoms with E-state index in [0.29, 0.717) is 15.2 Å². The first-order chi connectivity index (χ1) is 8.99. The lowest BCUT2D eigenvalue weighted by atomic mass is 10.1. The van der Waals surface area contributed by atoms with E-state index >= 15 is 0 Å².